The van der Waals surface area contributed by atoms with Gasteiger partial charge in [0.15, 0.2) is 0 Å². The van der Waals surface area contributed by atoms with Gasteiger partial charge in [0.2, 0.25) is 0 Å². The molecule has 1 atom stereocenters. The summed E-state index contributed by atoms with van der Waals surface area (Å²) in [5.74, 6) is 0. The molecule has 5 nitrogen and oxygen atoms in total. The molecule has 26 heavy (non-hydrogen) atoms. The highest BCUT2D eigenvalue weighted by atomic mass is 15.1. The number of benzene rings is 1. The molecule has 5 heteroatoms. The van der Waals surface area contributed by atoms with Crippen molar-refractivity contribution in [3.63, 3.8) is 0 Å². The van der Waals surface area contributed by atoms with Gasteiger partial charge in [0.1, 0.15) is 5.69 Å². The lowest BCUT2D eigenvalue weighted by Gasteiger charge is -2.12. The van der Waals surface area contributed by atoms with E-state index in [1.807, 2.05) is 36.9 Å². The summed E-state index contributed by atoms with van der Waals surface area (Å²) in [7, 11) is 0. The third kappa shape index (κ3) is 3.47. The zero-order chi connectivity index (χ0) is 17.8. The first-order chi connectivity index (χ1) is 12.8. The lowest BCUT2D eigenvalue weighted by Crippen LogP contribution is -2.03. The van der Waals surface area contributed by atoms with Gasteiger partial charge in [-0.25, -0.2) is 4.98 Å². The molecule has 1 unspecified atom stereocenters. The maximum atomic E-state index is 4.56. The van der Waals surface area contributed by atoms with Crippen LogP contribution in [0.5, 0.6) is 0 Å². The van der Waals surface area contributed by atoms with Gasteiger partial charge < -0.3 is 4.57 Å². The average Bonchev–Trinajstić information content (AvgIpc) is 3.04. The minimum atomic E-state index is 0.221. The van der Waals surface area contributed by atoms with E-state index in [1.165, 1.54) is 5.56 Å². The Labute approximate surface area is 153 Å². The summed E-state index contributed by atoms with van der Waals surface area (Å²) in [6.45, 7) is 2.96. The standard InChI is InChI=1S/C21H21N5/c1-16(17-7-3-2-4-8-17)26-14-21(23-15-26)20-13-18(10-12-22-20)19-9-5-6-11-24-25-19/h2-4,7-10,12-16H,5-6,11H2,1H3. The van der Waals surface area contributed by atoms with Crippen molar-refractivity contribution in [2.24, 2.45) is 10.2 Å². The van der Waals surface area contributed by atoms with Gasteiger partial charge in [-0.1, -0.05) is 36.4 Å². The highest BCUT2D eigenvalue weighted by Crippen LogP contribution is 2.25. The molecule has 0 amide bonds. The maximum Gasteiger partial charge on any atom is 0.107 e. The van der Waals surface area contributed by atoms with Crippen LogP contribution < -0.4 is 0 Å². The molecule has 0 N–H and O–H groups in total. The van der Waals surface area contributed by atoms with Gasteiger partial charge in [-0.3, -0.25) is 4.98 Å². The van der Waals surface area contributed by atoms with Crippen LogP contribution in [-0.2, 0) is 0 Å². The predicted octanol–water partition coefficient (Wildman–Crippen LogP) is 5.14. The molecular weight excluding hydrogens is 322 g/mol. The molecule has 2 aromatic heterocycles. The Morgan fingerprint density at radius 2 is 1.92 bits per heavy atom. The number of rotatable bonds is 4. The van der Waals surface area contributed by atoms with E-state index >= 15 is 0 Å². The van der Waals surface area contributed by atoms with E-state index in [0.717, 1.165) is 42.0 Å². The van der Waals surface area contributed by atoms with Crippen LogP contribution in [0.2, 0.25) is 0 Å². The van der Waals surface area contributed by atoms with Crippen molar-refractivity contribution in [3.05, 3.63) is 78.4 Å². The molecule has 0 fully saturated rings. The SMILES string of the molecule is CC(c1ccccc1)n1cnc(-c2cc(C3=CCCCN=N3)ccn2)c1. The van der Waals surface area contributed by atoms with Gasteiger partial charge in [-0.05, 0) is 37.5 Å². The normalized spacial score (nSPS) is 15.3. The van der Waals surface area contributed by atoms with Crippen LogP contribution in [0, 0.1) is 0 Å². The molecule has 0 saturated heterocycles. The van der Waals surface area contributed by atoms with Crippen molar-refractivity contribution in [2.45, 2.75) is 25.8 Å². The Bertz CT molecular complexity index is 940. The summed E-state index contributed by atoms with van der Waals surface area (Å²) >= 11 is 0. The molecule has 1 aliphatic rings. The molecular formula is C21H21N5. The number of nitrogens with zero attached hydrogens (tertiary/aromatic N) is 5. The largest absolute Gasteiger partial charge is 0.330 e. The highest BCUT2D eigenvalue weighted by Gasteiger charge is 2.12. The number of aromatic nitrogens is 3. The molecule has 0 bridgehead atoms. The third-order valence-corrected chi connectivity index (χ3v) is 4.63. The summed E-state index contributed by atoms with van der Waals surface area (Å²) in [5.41, 5.74) is 4.92. The quantitative estimate of drug-likeness (QED) is 0.658. The van der Waals surface area contributed by atoms with E-state index < -0.39 is 0 Å². The maximum absolute atomic E-state index is 4.56. The molecule has 1 aromatic carbocycles. The van der Waals surface area contributed by atoms with Crippen molar-refractivity contribution >= 4 is 5.70 Å². The van der Waals surface area contributed by atoms with Gasteiger partial charge in [-0.2, -0.15) is 10.2 Å². The second-order valence-electron chi connectivity index (χ2n) is 6.42. The molecule has 0 spiro atoms. The van der Waals surface area contributed by atoms with E-state index in [2.05, 4.69) is 62.0 Å². The highest BCUT2D eigenvalue weighted by molar-refractivity contribution is 5.68. The number of azo groups is 1. The van der Waals surface area contributed by atoms with Crippen LogP contribution >= 0.6 is 0 Å². The third-order valence-electron chi connectivity index (χ3n) is 4.63. The van der Waals surface area contributed by atoms with E-state index in [0.29, 0.717) is 0 Å². The number of hydrogen-bond donors (Lipinski definition) is 0. The first kappa shape index (κ1) is 16.4. The van der Waals surface area contributed by atoms with Crippen LogP contribution in [0.3, 0.4) is 0 Å². The van der Waals surface area contributed by atoms with Crippen molar-refractivity contribution in [2.75, 3.05) is 6.54 Å². The van der Waals surface area contributed by atoms with Crippen molar-refractivity contribution < 1.29 is 0 Å². The number of imidazole rings is 1. The molecule has 130 valence electrons. The summed E-state index contributed by atoms with van der Waals surface area (Å²) < 4.78 is 2.11. The lowest BCUT2D eigenvalue weighted by atomic mass is 10.1. The number of hydrogen-bond acceptors (Lipinski definition) is 4. The number of allylic oxidation sites excluding steroid dienone is 1. The zero-order valence-electron chi connectivity index (χ0n) is 14.8. The van der Waals surface area contributed by atoms with Gasteiger partial charge in [-0.15, -0.1) is 0 Å². The topological polar surface area (TPSA) is 55.4 Å². The van der Waals surface area contributed by atoms with Crippen LogP contribution in [0.4, 0.5) is 0 Å². The summed E-state index contributed by atoms with van der Waals surface area (Å²) in [4.78, 5) is 9.06. The minimum Gasteiger partial charge on any atom is -0.330 e. The monoisotopic (exact) mass is 343 g/mol. The fourth-order valence-corrected chi connectivity index (χ4v) is 3.06. The molecule has 0 aliphatic carbocycles. The molecule has 1 aliphatic heterocycles. The van der Waals surface area contributed by atoms with Crippen LogP contribution in [-0.4, -0.2) is 21.1 Å². The van der Waals surface area contributed by atoms with E-state index in [1.54, 1.807) is 0 Å². The van der Waals surface area contributed by atoms with E-state index in [-0.39, 0.29) is 6.04 Å². The van der Waals surface area contributed by atoms with Crippen LogP contribution in [0.1, 0.15) is 36.9 Å². The lowest BCUT2D eigenvalue weighted by molar-refractivity contribution is 0.638. The molecule has 3 heterocycles. The van der Waals surface area contributed by atoms with Gasteiger partial charge in [0.05, 0.1) is 30.3 Å². The van der Waals surface area contributed by atoms with Gasteiger partial charge in [0, 0.05) is 18.0 Å². The number of pyridine rings is 1. The molecule has 3 aromatic rings. The summed E-state index contributed by atoms with van der Waals surface area (Å²) in [5, 5.41) is 8.54. The molecule has 0 radical (unpaired) electrons. The van der Waals surface area contributed by atoms with Crippen molar-refractivity contribution in [1.82, 2.24) is 14.5 Å². The Morgan fingerprint density at radius 3 is 2.81 bits per heavy atom. The average molecular weight is 343 g/mol. The van der Waals surface area contributed by atoms with E-state index in [9.17, 15) is 0 Å². The summed E-state index contributed by atoms with van der Waals surface area (Å²) in [6, 6.07) is 14.6. The Balaban J connectivity index is 1.62. The fraction of sp³-hybridized carbons (Fsp3) is 0.238. The Hall–Kier alpha value is -3.08. The Kier molecular flexibility index (Phi) is 4.69. The van der Waals surface area contributed by atoms with Crippen LogP contribution in [0.15, 0.2) is 77.5 Å². The summed E-state index contributed by atoms with van der Waals surface area (Å²) in [6.07, 6.45) is 9.92. The first-order valence-corrected chi connectivity index (χ1v) is 8.94. The van der Waals surface area contributed by atoms with Crippen molar-refractivity contribution in [3.8, 4) is 11.4 Å². The second kappa shape index (κ2) is 7.44. The Morgan fingerprint density at radius 1 is 1.04 bits per heavy atom. The predicted molar refractivity (Wildman–Crippen MR) is 103 cm³/mol. The first-order valence-electron chi connectivity index (χ1n) is 8.94. The van der Waals surface area contributed by atoms with E-state index in [4.69, 9.17) is 0 Å². The smallest absolute Gasteiger partial charge is 0.107 e. The van der Waals surface area contributed by atoms with Gasteiger partial charge >= 0.3 is 0 Å². The second-order valence-corrected chi connectivity index (χ2v) is 6.42. The minimum absolute atomic E-state index is 0.221. The fourth-order valence-electron chi connectivity index (χ4n) is 3.06. The van der Waals surface area contributed by atoms with Crippen LogP contribution in [0.25, 0.3) is 17.1 Å². The van der Waals surface area contributed by atoms with Crippen molar-refractivity contribution in [1.29, 1.82) is 0 Å². The molecule has 0 saturated carbocycles. The molecule has 4 rings (SSSR count). The van der Waals surface area contributed by atoms with Gasteiger partial charge in [0.25, 0.3) is 0 Å². The zero-order valence-corrected chi connectivity index (χ0v) is 14.8.